The summed E-state index contributed by atoms with van der Waals surface area (Å²) in [4.78, 5) is 38.8. The van der Waals surface area contributed by atoms with E-state index in [2.05, 4.69) is 0 Å². The molecular formula is C33H36FNO6. The first-order chi connectivity index (χ1) is 19.7. The number of carboxylic acids is 1. The number of aliphatic carboxylic acids is 1. The highest BCUT2D eigenvalue weighted by molar-refractivity contribution is 6.06. The van der Waals surface area contributed by atoms with E-state index in [-0.39, 0.29) is 41.9 Å². The standard InChI is InChI=1S/C33H36FNO6/c1-20-16-24-31(33(40)35(32(24)39)15-7-3-6-10-29(37)38)25-19-41-28(30(20)25)14-12-23(22-8-4-2-5-9-22)17-21-11-13-27(36)26(34)18-21/h2,4-5,8-9,11,13,17-18,24-25,28,31,36H,3,6-7,10,12,14-16,19H2,1H3,(H,37,38)/b23-17-/t24-,25+,28-,31-/m1/s1. The Morgan fingerprint density at radius 3 is 2.56 bits per heavy atom. The summed E-state index contributed by atoms with van der Waals surface area (Å²) in [5.41, 5.74) is 4.93. The number of allylic oxidation sites excluding steroid dienone is 2. The summed E-state index contributed by atoms with van der Waals surface area (Å²) in [6.45, 7) is 2.77. The van der Waals surface area contributed by atoms with Gasteiger partial charge < -0.3 is 14.9 Å². The van der Waals surface area contributed by atoms with Crippen molar-refractivity contribution >= 4 is 29.4 Å². The van der Waals surface area contributed by atoms with E-state index >= 15 is 0 Å². The summed E-state index contributed by atoms with van der Waals surface area (Å²) in [5, 5.41) is 18.4. The van der Waals surface area contributed by atoms with Crippen molar-refractivity contribution in [1.82, 2.24) is 4.90 Å². The van der Waals surface area contributed by atoms with Crippen molar-refractivity contribution < 1.29 is 33.7 Å². The molecule has 0 saturated carbocycles. The molecule has 2 aromatic rings. The monoisotopic (exact) mass is 561 g/mol. The van der Waals surface area contributed by atoms with Crippen LogP contribution in [-0.4, -0.2) is 52.2 Å². The van der Waals surface area contributed by atoms with Crippen molar-refractivity contribution in [2.45, 2.75) is 58.0 Å². The van der Waals surface area contributed by atoms with Crippen LogP contribution in [-0.2, 0) is 19.1 Å². The Labute approximate surface area is 239 Å². The van der Waals surface area contributed by atoms with E-state index in [4.69, 9.17) is 9.84 Å². The summed E-state index contributed by atoms with van der Waals surface area (Å²) in [7, 11) is 0. The largest absolute Gasteiger partial charge is 0.505 e. The minimum atomic E-state index is -0.838. The van der Waals surface area contributed by atoms with E-state index in [1.165, 1.54) is 17.0 Å². The third kappa shape index (κ3) is 6.12. The van der Waals surface area contributed by atoms with Crippen LogP contribution >= 0.6 is 0 Å². The maximum atomic E-state index is 14.0. The number of benzene rings is 2. The summed E-state index contributed by atoms with van der Waals surface area (Å²) in [5.74, 6) is -3.03. The van der Waals surface area contributed by atoms with Gasteiger partial charge in [-0.15, -0.1) is 0 Å². The lowest BCUT2D eigenvalue weighted by Gasteiger charge is -2.30. The van der Waals surface area contributed by atoms with Crippen LogP contribution in [0.3, 0.4) is 0 Å². The van der Waals surface area contributed by atoms with Gasteiger partial charge in [-0.3, -0.25) is 19.3 Å². The number of phenols is 1. The Kier molecular flexibility index (Phi) is 8.68. The molecule has 2 aromatic carbocycles. The average molecular weight is 562 g/mol. The number of imide groups is 1. The Balaban J connectivity index is 1.29. The maximum Gasteiger partial charge on any atom is 0.303 e. The highest BCUT2D eigenvalue weighted by Crippen LogP contribution is 2.50. The lowest BCUT2D eigenvalue weighted by Crippen LogP contribution is -2.34. The van der Waals surface area contributed by atoms with Gasteiger partial charge in [0.1, 0.15) is 0 Å². The molecule has 2 heterocycles. The third-order valence-electron chi connectivity index (χ3n) is 8.65. The minimum absolute atomic E-state index is 0.0907. The number of carbonyl (C=O) groups is 3. The lowest BCUT2D eigenvalue weighted by atomic mass is 9.70. The number of fused-ring (bicyclic) bond motifs is 3. The van der Waals surface area contributed by atoms with Gasteiger partial charge in [0.2, 0.25) is 11.8 Å². The first kappa shape index (κ1) is 28.7. The van der Waals surface area contributed by atoms with Crippen molar-refractivity contribution in [2.75, 3.05) is 13.2 Å². The molecule has 2 saturated heterocycles. The molecule has 41 heavy (non-hydrogen) atoms. The SMILES string of the molecule is CC1=C2[C@@H](CC/C(=C/c3ccc(O)c(F)c3)c3ccccc3)OC[C@@H]2[C@@H]2C(=O)N(CCCCCC(=O)O)C(=O)[C@@H]2C1. The van der Waals surface area contributed by atoms with E-state index in [0.717, 1.165) is 22.3 Å². The molecule has 2 N–H and O–H groups in total. The lowest BCUT2D eigenvalue weighted by molar-refractivity contribution is -0.141. The zero-order valence-electron chi connectivity index (χ0n) is 23.2. The second-order valence-electron chi connectivity index (χ2n) is 11.3. The van der Waals surface area contributed by atoms with Crippen LogP contribution in [0, 0.1) is 23.6 Å². The molecule has 1 aliphatic carbocycles. The summed E-state index contributed by atoms with van der Waals surface area (Å²) >= 11 is 0. The molecule has 0 aromatic heterocycles. The van der Waals surface area contributed by atoms with Crippen molar-refractivity contribution in [3.63, 3.8) is 0 Å². The molecule has 4 atom stereocenters. The van der Waals surface area contributed by atoms with Gasteiger partial charge in [0.15, 0.2) is 11.6 Å². The van der Waals surface area contributed by atoms with Gasteiger partial charge in [-0.05, 0) is 73.4 Å². The molecule has 2 aliphatic heterocycles. The van der Waals surface area contributed by atoms with Crippen LogP contribution in [0.15, 0.2) is 59.7 Å². The molecule has 0 bridgehead atoms. The Bertz CT molecular complexity index is 1380. The number of likely N-dealkylation sites (tertiary alicyclic amines) is 1. The van der Waals surface area contributed by atoms with E-state index in [1.807, 2.05) is 43.3 Å². The van der Waals surface area contributed by atoms with Gasteiger partial charge in [0.05, 0.1) is 24.5 Å². The third-order valence-corrected chi connectivity index (χ3v) is 8.65. The van der Waals surface area contributed by atoms with E-state index < -0.39 is 17.7 Å². The van der Waals surface area contributed by atoms with Crippen molar-refractivity contribution in [3.05, 3.63) is 76.6 Å². The fraction of sp³-hybridized carbons (Fsp3) is 0.424. The van der Waals surface area contributed by atoms with Gasteiger partial charge in [-0.2, -0.15) is 0 Å². The normalized spacial score (nSPS) is 24.1. The van der Waals surface area contributed by atoms with Crippen LogP contribution in [0.4, 0.5) is 4.39 Å². The van der Waals surface area contributed by atoms with Crippen LogP contribution < -0.4 is 0 Å². The number of carbonyl (C=O) groups excluding carboxylic acids is 2. The van der Waals surface area contributed by atoms with E-state index in [0.29, 0.717) is 57.2 Å². The van der Waals surface area contributed by atoms with Crippen molar-refractivity contribution in [1.29, 1.82) is 0 Å². The number of hydrogen-bond acceptors (Lipinski definition) is 5. The van der Waals surface area contributed by atoms with Crippen LogP contribution in [0.5, 0.6) is 5.75 Å². The predicted octanol–water partition coefficient (Wildman–Crippen LogP) is 5.83. The number of rotatable bonds is 11. The first-order valence-electron chi connectivity index (χ1n) is 14.4. The van der Waals surface area contributed by atoms with E-state index in [9.17, 15) is 23.9 Å². The second-order valence-corrected chi connectivity index (χ2v) is 11.3. The molecular weight excluding hydrogens is 525 g/mol. The number of hydrogen-bond donors (Lipinski definition) is 2. The number of amides is 2. The zero-order chi connectivity index (χ0) is 29.1. The number of aromatic hydroxyl groups is 1. The molecule has 8 heteroatoms. The molecule has 216 valence electrons. The average Bonchev–Trinajstić information content (AvgIpc) is 3.48. The molecule has 2 fully saturated rings. The number of ether oxygens (including phenoxy) is 1. The summed E-state index contributed by atoms with van der Waals surface area (Å²) in [6.07, 6.45) is 5.52. The fourth-order valence-corrected chi connectivity index (χ4v) is 6.69. The minimum Gasteiger partial charge on any atom is -0.505 e. The summed E-state index contributed by atoms with van der Waals surface area (Å²) in [6, 6.07) is 14.2. The fourth-order valence-electron chi connectivity index (χ4n) is 6.69. The quantitative estimate of drug-likeness (QED) is 0.155. The van der Waals surface area contributed by atoms with Gasteiger partial charge >= 0.3 is 5.97 Å². The van der Waals surface area contributed by atoms with Crippen LogP contribution in [0.1, 0.15) is 63.0 Å². The molecule has 3 aliphatic rings. The summed E-state index contributed by atoms with van der Waals surface area (Å²) < 4.78 is 20.3. The molecule has 0 radical (unpaired) electrons. The Morgan fingerprint density at radius 2 is 1.83 bits per heavy atom. The predicted molar refractivity (Wildman–Crippen MR) is 152 cm³/mol. The van der Waals surface area contributed by atoms with Gasteiger partial charge in [0.25, 0.3) is 0 Å². The van der Waals surface area contributed by atoms with Crippen molar-refractivity contribution in [2.24, 2.45) is 17.8 Å². The molecule has 0 unspecified atom stereocenters. The maximum absolute atomic E-state index is 14.0. The highest BCUT2D eigenvalue weighted by Gasteiger charge is 2.56. The van der Waals surface area contributed by atoms with Crippen LogP contribution in [0.2, 0.25) is 0 Å². The Morgan fingerprint density at radius 1 is 1.05 bits per heavy atom. The molecule has 0 spiro atoms. The van der Waals surface area contributed by atoms with E-state index in [1.54, 1.807) is 6.07 Å². The number of nitrogens with zero attached hydrogens (tertiary/aromatic N) is 1. The van der Waals surface area contributed by atoms with Gasteiger partial charge in [-0.1, -0.05) is 54.5 Å². The molecule has 7 nitrogen and oxygen atoms in total. The number of carboxylic acid groups (broad SMARTS) is 1. The van der Waals surface area contributed by atoms with Gasteiger partial charge in [-0.25, -0.2) is 4.39 Å². The van der Waals surface area contributed by atoms with Crippen molar-refractivity contribution in [3.8, 4) is 5.75 Å². The number of halogens is 1. The molecule has 5 rings (SSSR count). The second kappa shape index (κ2) is 12.4. The topological polar surface area (TPSA) is 104 Å². The zero-order valence-corrected chi connectivity index (χ0v) is 23.2. The smallest absolute Gasteiger partial charge is 0.303 e. The number of phenolic OH excluding ortho intramolecular Hbond substituents is 1. The van der Waals surface area contributed by atoms with Crippen LogP contribution in [0.25, 0.3) is 11.6 Å². The first-order valence-corrected chi connectivity index (χ1v) is 14.4. The Hall–Kier alpha value is -3.78. The van der Waals surface area contributed by atoms with Gasteiger partial charge in [0, 0.05) is 18.9 Å². The molecule has 2 amide bonds. The highest BCUT2D eigenvalue weighted by atomic mass is 19.1. The number of unbranched alkanes of at least 4 members (excludes halogenated alkanes) is 2.